The van der Waals surface area contributed by atoms with Crippen molar-refractivity contribution >= 4 is 17.3 Å². The van der Waals surface area contributed by atoms with Crippen LogP contribution in [0.4, 0.5) is 5.69 Å². The molecule has 0 aliphatic heterocycles. The van der Waals surface area contributed by atoms with Crippen molar-refractivity contribution < 1.29 is 9.66 Å². The van der Waals surface area contributed by atoms with E-state index in [1.54, 1.807) is 25.3 Å². The second-order valence-corrected chi connectivity index (χ2v) is 6.08. The second-order valence-electron chi connectivity index (χ2n) is 6.08. The van der Waals surface area contributed by atoms with Gasteiger partial charge in [0.25, 0.3) is 5.69 Å². The molecule has 5 heteroatoms. The summed E-state index contributed by atoms with van der Waals surface area (Å²) >= 11 is 0. The molecule has 2 rings (SSSR count). The zero-order valence-corrected chi connectivity index (χ0v) is 14.7. The van der Waals surface area contributed by atoms with Crippen LogP contribution in [-0.2, 0) is 0 Å². The lowest BCUT2D eigenvalue weighted by molar-refractivity contribution is -0.384. The van der Waals surface area contributed by atoms with Gasteiger partial charge in [0.1, 0.15) is 5.75 Å². The Balaban J connectivity index is 2.57. The lowest BCUT2D eigenvalue weighted by atomic mass is 9.94. The topological polar surface area (TPSA) is 76.2 Å². The SMILES string of the molecule is COc1cc(C)c(/C=C(/C#N)c2cccc([N+](=O)[O-])c2)cc1C(C)C. The molecule has 0 aliphatic rings. The Morgan fingerprint density at radius 1 is 1.32 bits per heavy atom. The number of nitrogens with zero attached hydrogens (tertiary/aromatic N) is 2. The molecular weight excluding hydrogens is 316 g/mol. The number of rotatable bonds is 5. The summed E-state index contributed by atoms with van der Waals surface area (Å²) in [4.78, 5) is 10.5. The molecule has 0 radical (unpaired) electrons. The highest BCUT2D eigenvalue weighted by Gasteiger charge is 2.13. The summed E-state index contributed by atoms with van der Waals surface area (Å²) in [6, 6.07) is 12.2. The maximum Gasteiger partial charge on any atom is 0.270 e. The molecule has 0 unspecified atom stereocenters. The molecule has 0 spiro atoms. The summed E-state index contributed by atoms with van der Waals surface area (Å²) in [6.07, 6.45) is 1.76. The summed E-state index contributed by atoms with van der Waals surface area (Å²) in [5.41, 5.74) is 3.79. The van der Waals surface area contributed by atoms with Gasteiger partial charge in [0, 0.05) is 12.1 Å². The summed E-state index contributed by atoms with van der Waals surface area (Å²) in [5.74, 6) is 1.09. The molecule has 0 bridgehead atoms. The Hall–Kier alpha value is -3.13. The van der Waals surface area contributed by atoms with Crippen molar-refractivity contribution in [2.45, 2.75) is 26.7 Å². The third-order valence-electron chi connectivity index (χ3n) is 4.03. The minimum atomic E-state index is -0.464. The number of benzene rings is 2. The predicted molar refractivity (Wildman–Crippen MR) is 98.4 cm³/mol. The molecule has 0 heterocycles. The van der Waals surface area contributed by atoms with Crippen molar-refractivity contribution in [2.24, 2.45) is 0 Å². The predicted octanol–water partition coefficient (Wildman–Crippen LogP) is 5.10. The number of nitro benzene ring substituents is 1. The van der Waals surface area contributed by atoms with Crippen LogP contribution in [0.3, 0.4) is 0 Å². The van der Waals surface area contributed by atoms with E-state index in [-0.39, 0.29) is 11.6 Å². The van der Waals surface area contributed by atoms with E-state index in [4.69, 9.17) is 4.74 Å². The van der Waals surface area contributed by atoms with Crippen molar-refractivity contribution in [3.63, 3.8) is 0 Å². The van der Waals surface area contributed by atoms with Gasteiger partial charge in [-0.15, -0.1) is 0 Å². The first kappa shape index (κ1) is 18.2. The van der Waals surface area contributed by atoms with Gasteiger partial charge in [0.15, 0.2) is 0 Å². The second kappa shape index (κ2) is 7.63. The average Bonchev–Trinajstić information content (AvgIpc) is 2.60. The minimum Gasteiger partial charge on any atom is -0.496 e. The van der Waals surface area contributed by atoms with E-state index >= 15 is 0 Å². The molecule has 0 aliphatic carbocycles. The maximum atomic E-state index is 11.0. The van der Waals surface area contributed by atoms with Crippen LogP contribution in [0.25, 0.3) is 11.6 Å². The van der Waals surface area contributed by atoms with Crippen molar-refractivity contribution in [1.82, 2.24) is 0 Å². The fourth-order valence-corrected chi connectivity index (χ4v) is 2.62. The lowest BCUT2D eigenvalue weighted by Gasteiger charge is -2.15. The van der Waals surface area contributed by atoms with E-state index in [1.165, 1.54) is 12.1 Å². The van der Waals surface area contributed by atoms with Gasteiger partial charge in [0.05, 0.1) is 23.7 Å². The molecule has 25 heavy (non-hydrogen) atoms. The molecule has 5 nitrogen and oxygen atoms in total. The van der Waals surface area contributed by atoms with E-state index in [1.807, 2.05) is 19.1 Å². The van der Waals surface area contributed by atoms with Gasteiger partial charge in [-0.05, 0) is 53.3 Å². The quantitative estimate of drug-likeness (QED) is 0.329. The summed E-state index contributed by atoms with van der Waals surface area (Å²) in [5, 5.41) is 20.5. The number of non-ortho nitro benzene ring substituents is 1. The van der Waals surface area contributed by atoms with Gasteiger partial charge in [-0.25, -0.2) is 0 Å². The van der Waals surface area contributed by atoms with Gasteiger partial charge >= 0.3 is 0 Å². The third kappa shape index (κ3) is 4.04. The highest BCUT2D eigenvalue weighted by atomic mass is 16.6. The fourth-order valence-electron chi connectivity index (χ4n) is 2.62. The molecule has 0 aromatic heterocycles. The van der Waals surface area contributed by atoms with E-state index < -0.39 is 4.92 Å². The third-order valence-corrected chi connectivity index (χ3v) is 4.03. The number of nitro groups is 1. The summed E-state index contributed by atoms with van der Waals surface area (Å²) in [6.45, 7) is 6.10. The van der Waals surface area contributed by atoms with E-state index in [0.29, 0.717) is 11.1 Å². The molecule has 0 saturated heterocycles. The molecule has 2 aromatic rings. The number of aryl methyl sites for hydroxylation is 1. The fraction of sp³-hybridized carbons (Fsp3) is 0.250. The van der Waals surface area contributed by atoms with E-state index in [0.717, 1.165) is 22.4 Å². The van der Waals surface area contributed by atoms with Crippen LogP contribution in [0, 0.1) is 28.4 Å². The number of methoxy groups -OCH3 is 1. The van der Waals surface area contributed by atoms with Crippen LogP contribution in [0.15, 0.2) is 36.4 Å². The van der Waals surface area contributed by atoms with Crippen molar-refractivity contribution in [3.8, 4) is 11.8 Å². The van der Waals surface area contributed by atoms with Gasteiger partial charge in [-0.2, -0.15) is 5.26 Å². The largest absolute Gasteiger partial charge is 0.496 e. The Morgan fingerprint density at radius 2 is 2.04 bits per heavy atom. The first-order valence-corrected chi connectivity index (χ1v) is 7.92. The Bertz CT molecular complexity index is 877. The van der Waals surface area contributed by atoms with Crippen LogP contribution in [-0.4, -0.2) is 12.0 Å². The normalized spacial score (nSPS) is 11.3. The van der Waals surface area contributed by atoms with Crippen LogP contribution < -0.4 is 4.74 Å². The molecule has 2 aromatic carbocycles. The maximum absolute atomic E-state index is 11.0. The monoisotopic (exact) mass is 336 g/mol. The number of hydrogen-bond donors (Lipinski definition) is 0. The first-order valence-electron chi connectivity index (χ1n) is 7.92. The van der Waals surface area contributed by atoms with Crippen LogP contribution >= 0.6 is 0 Å². The number of ether oxygens (including phenoxy) is 1. The Labute approximate surface area is 147 Å². The van der Waals surface area contributed by atoms with Crippen LogP contribution in [0.5, 0.6) is 5.75 Å². The molecular formula is C20H20N2O3. The first-order chi connectivity index (χ1) is 11.9. The molecule has 0 saturated carbocycles. The summed E-state index contributed by atoms with van der Waals surface area (Å²) in [7, 11) is 1.64. The van der Waals surface area contributed by atoms with Crippen LogP contribution in [0.1, 0.15) is 42.0 Å². The highest BCUT2D eigenvalue weighted by Crippen LogP contribution is 2.31. The van der Waals surface area contributed by atoms with Crippen molar-refractivity contribution in [2.75, 3.05) is 7.11 Å². The highest BCUT2D eigenvalue weighted by molar-refractivity contribution is 5.90. The zero-order chi connectivity index (χ0) is 18.6. The smallest absolute Gasteiger partial charge is 0.270 e. The minimum absolute atomic E-state index is 0.0343. The van der Waals surface area contributed by atoms with Gasteiger partial charge < -0.3 is 4.74 Å². The van der Waals surface area contributed by atoms with Crippen molar-refractivity contribution in [3.05, 3.63) is 68.8 Å². The number of nitriles is 1. The van der Waals surface area contributed by atoms with Crippen LogP contribution in [0.2, 0.25) is 0 Å². The number of hydrogen-bond acceptors (Lipinski definition) is 4. The zero-order valence-electron chi connectivity index (χ0n) is 14.7. The molecule has 0 fully saturated rings. The molecule has 128 valence electrons. The lowest BCUT2D eigenvalue weighted by Crippen LogP contribution is -1.97. The van der Waals surface area contributed by atoms with E-state index in [9.17, 15) is 15.4 Å². The average molecular weight is 336 g/mol. The number of allylic oxidation sites excluding steroid dienone is 1. The molecule has 0 atom stereocenters. The standard InChI is InChI=1S/C20H20N2O3/c1-13(2)19-11-16(14(3)8-20(19)25-4)9-17(12-21)15-6-5-7-18(10-15)22(23)24/h5-11,13H,1-4H3/b17-9-. The Morgan fingerprint density at radius 3 is 2.60 bits per heavy atom. The van der Waals surface area contributed by atoms with E-state index in [2.05, 4.69) is 19.9 Å². The van der Waals surface area contributed by atoms with Crippen molar-refractivity contribution in [1.29, 1.82) is 5.26 Å². The summed E-state index contributed by atoms with van der Waals surface area (Å²) < 4.78 is 5.44. The van der Waals surface area contributed by atoms with Gasteiger partial charge in [-0.3, -0.25) is 10.1 Å². The molecule has 0 N–H and O–H groups in total. The van der Waals surface area contributed by atoms with Gasteiger partial charge in [0.2, 0.25) is 0 Å². The Kier molecular flexibility index (Phi) is 5.56. The van der Waals surface area contributed by atoms with Gasteiger partial charge in [-0.1, -0.05) is 26.0 Å². The molecule has 0 amide bonds.